The summed E-state index contributed by atoms with van der Waals surface area (Å²) in [5, 5.41) is 3.02. The molecule has 0 saturated heterocycles. The van der Waals surface area contributed by atoms with E-state index in [0.29, 0.717) is 13.0 Å². The largest absolute Gasteiger partial charge is 0.352 e. The molecule has 0 spiro atoms. The van der Waals surface area contributed by atoms with Gasteiger partial charge in [-0.1, -0.05) is 139 Å². The van der Waals surface area contributed by atoms with E-state index < -0.39 is 0 Å². The molecular formula is C31H53NO. The lowest BCUT2D eigenvalue weighted by atomic mass is 10.0. The summed E-state index contributed by atoms with van der Waals surface area (Å²) in [4.78, 5) is 11.9. The molecule has 0 saturated carbocycles. The highest BCUT2D eigenvalue weighted by molar-refractivity contribution is 5.75. The standard InChI is InChI=1S/C31H53NO/c1-2-3-4-5-6-7-8-9-10-11-12-13-14-15-16-17-18-19-20-21-25-28-31(33)32-29-30-26-23-22-24-27-30/h9-10,22-24,26-27H,2-8,11-21,25,28-29H2,1H3,(H,32,33)/b10-9-. The van der Waals surface area contributed by atoms with E-state index in [1.54, 1.807) is 0 Å². The topological polar surface area (TPSA) is 29.1 Å². The molecule has 0 radical (unpaired) electrons. The lowest BCUT2D eigenvalue weighted by molar-refractivity contribution is -0.121. The lowest BCUT2D eigenvalue weighted by Crippen LogP contribution is -2.22. The van der Waals surface area contributed by atoms with E-state index in [1.165, 1.54) is 121 Å². The zero-order valence-corrected chi connectivity index (χ0v) is 21.8. The Bertz CT molecular complexity index is 566. The van der Waals surface area contributed by atoms with Crippen LogP contribution < -0.4 is 5.32 Å². The Balaban J connectivity index is 1.73. The minimum Gasteiger partial charge on any atom is -0.352 e. The van der Waals surface area contributed by atoms with Gasteiger partial charge in [-0.3, -0.25) is 4.79 Å². The monoisotopic (exact) mass is 455 g/mol. The van der Waals surface area contributed by atoms with Crippen molar-refractivity contribution in [3.8, 4) is 0 Å². The van der Waals surface area contributed by atoms with Crippen LogP contribution in [0.15, 0.2) is 42.5 Å². The van der Waals surface area contributed by atoms with Gasteiger partial charge in [-0.25, -0.2) is 0 Å². The van der Waals surface area contributed by atoms with Gasteiger partial charge in [0.1, 0.15) is 0 Å². The van der Waals surface area contributed by atoms with Crippen molar-refractivity contribution in [1.29, 1.82) is 0 Å². The fourth-order valence-corrected chi connectivity index (χ4v) is 4.30. The Morgan fingerprint density at radius 2 is 1.09 bits per heavy atom. The van der Waals surface area contributed by atoms with Crippen LogP contribution in [-0.2, 0) is 11.3 Å². The van der Waals surface area contributed by atoms with Crippen molar-refractivity contribution in [2.45, 2.75) is 142 Å². The van der Waals surface area contributed by atoms with Crippen LogP contribution in [-0.4, -0.2) is 5.91 Å². The van der Waals surface area contributed by atoms with E-state index in [-0.39, 0.29) is 5.91 Å². The maximum atomic E-state index is 11.9. The van der Waals surface area contributed by atoms with Crippen LogP contribution in [0.4, 0.5) is 0 Å². The van der Waals surface area contributed by atoms with Gasteiger partial charge in [0.15, 0.2) is 0 Å². The van der Waals surface area contributed by atoms with Gasteiger partial charge in [0.05, 0.1) is 0 Å². The summed E-state index contributed by atoms with van der Waals surface area (Å²) in [5.74, 6) is 0.187. The van der Waals surface area contributed by atoms with Crippen molar-refractivity contribution in [1.82, 2.24) is 5.32 Å². The zero-order chi connectivity index (χ0) is 23.7. The minimum atomic E-state index is 0.187. The number of benzene rings is 1. The van der Waals surface area contributed by atoms with Gasteiger partial charge in [0.25, 0.3) is 0 Å². The summed E-state index contributed by atoms with van der Waals surface area (Å²) < 4.78 is 0. The molecule has 0 aliphatic rings. The number of carbonyl (C=O) groups excluding carboxylic acids is 1. The second kappa shape index (κ2) is 23.6. The van der Waals surface area contributed by atoms with Crippen molar-refractivity contribution < 1.29 is 4.79 Å². The molecule has 0 aliphatic heterocycles. The van der Waals surface area contributed by atoms with E-state index in [0.717, 1.165) is 6.42 Å². The molecule has 1 aromatic carbocycles. The van der Waals surface area contributed by atoms with Crippen molar-refractivity contribution in [3.05, 3.63) is 48.0 Å². The van der Waals surface area contributed by atoms with Gasteiger partial charge in [0.2, 0.25) is 5.91 Å². The molecule has 2 heteroatoms. The third kappa shape index (κ3) is 20.7. The van der Waals surface area contributed by atoms with Gasteiger partial charge in [0, 0.05) is 13.0 Å². The number of amides is 1. The molecule has 188 valence electrons. The highest BCUT2D eigenvalue weighted by Crippen LogP contribution is 2.13. The van der Waals surface area contributed by atoms with Gasteiger partial charge >= 0.3 is 0 Å². The van der Waals surface area contributed by atoms with E-state index in [2.05, 4.69) is 36.5 Å². The molecular weight excluding hydrogens is 402 g/mol. The van der Waals surface area contributed by atoms with Crippen LogP contribution in [0.25, 0.3) is 0 Å². The molecule has 0 fully saturated rings. The second-order valence-electron chi connectivity index (χ2n) is 9.72. The molecule has 1 aromatic rings. The molecule has 0 bridgehead atoms. The van der Waals surface area contributed by atoms with Crippen LogP contribution in [0.5, 0.6) is 0 Å². The summed E-state index contributed by atoms with van der Waals surface area (Å²) in [6, 6.07) is 10.1. The smallest absolute Gasteiger partial charge is 0.220 e. The fourth-order valence-electron chi connectivity index (χ4n) is 4.30. The van der Waals surface area contributed by atoms with E-state index in [4.69, 9.17) is 0 Å². The molecule has 1 amide bonds. The fraction of sp³-hybridized carbons (Fsp3) is 0.710. The molecule has 33 heavy (non-hydrogen) atoms. The number of rotatable bonds is 23. The number of allylic oxidation sites excluding steroid dienone is 2. The molecule has 1 N–H and O–H groups in total. The SMILES string of the molecule is CCCCCCCC/C=C\CCCCCCCCCCCCCC(=O)NCc1ccccc1. The first-order valence-corrected chi connectivity index (χ1v) is 14.3. The Labute approximate surface area is 206 Å². The second-order valence-corrected chi connectivity index (χ2v) is 9.72. The number of unbranched alkanes of at least 4 members (excludes halogenated alkanes) is 17. The summed E-state index contributed by atoms with van der Waals surface area (Å²) in [5.41, 5.74) is 1.17. The third-order valence-corrected chi connectivity index (χ3v) is 6.50. The minimum absolute atomic E-state index is 0.187. The summed E-state index contributed by atoms with van der Waals surface area (Å²) in [6.07, 6.45) is 31.0. The summed E-state index contributed by atoms with van der Waals surface area (Å²) in [6.45, 7) is 2.93. The molecule has 0 heterocycles. The van der Waals surface area contributed by atoms with Crippen LogP contribution in [0.2, 0.25) is 0 Å². The average Bonchev–Trinajstić information content (AvgIpc) is 2.84. The number of hydrogen-bond acceptors (Lipinski definition) is 1. The molecule has 1 rings (SSSR count). The lowest BCUT2D eigenvalue weighted by Gasteiger charge is -2.05. The van der Waals surface area contributed by atoms with Crippen LogP contribution >= 0.6 is 0 Å². The van der Waals surface area contributed by atoms with Gasteiger partial charge < -0.3 is 5.32 Å². The number of nitrogens with one attached hydrogen (secondary N) is 1. The third-order valence-electron chi connectivity index (χ3n) is 6.50. The maximum Gasteiger partial charge on any atom is 0.220 e. The van der Waals surface area contributed by atoms with Crippen molar-refractivity contribution >= 4 is 5.91 Å². The first-order valence-electron chi connectivity index (χ1n) is 14.3. The predicted molar refractivity (Wildman–Crippen MR) is 145 cm³/mol. The molecule has 0 unspecified atom stereocenters. The number of carbonyl (C=O) groups is 1. The first kappa shape index (κ1) is 29.5. The highest BCUT2D eigenvalue weighted by atomic mass is 16.1. The highest BCUT2D eigenvalue weighted by Gasteiger charge is 2.01. The van der Waals surface area contributed by atoms with E-state index >= 15 is 0 Å². The molecule has 0 aromatic heterocycles. The van der Waals surface area contributed by atoms with Gasteiger partial charge in [-0.05, 0) is 37.7 Å². The normalized spacial score (nSPS) is 11.3. The summed E-state index contributed by atoms with van der Waals surface area (Å²) >= 11 is 0. The van der Waals surface area contributed by atoms with Gasteiger partial charge in [-0.15, -0.1) is 0 Å². The van der Waals surface area contributed by atoms with Gasteiger partial charge in [-0.2, -0.15) is 0 Å². The Morgan fingerprint density at radius 1 is 0.636 bits per heavy atom. The van der Waals surface area contributed by atoms with Crippen molar-refractivity contribution in [2.75, 3.05) is 0 Å². The zero-order valence-electron chi connectivity index (χ0n) is 21.8. The predicted octanol–water partition coefficient (Wildman–Crippen LogP) is 9.68. The summed E-state index contributed by atoms with van der Waals surface area (Å²) in [7, 11) is 0. The average molecular weight is 456 g/mol. The van der Waals surface area contributed by atoms with Crippen LogP contribution in [0.1, 0.15) is 141 Å². The Kier molecular flexibility index (Phi) is 21.1. The Hall–Kier alpha value is -1.57. The van der Waals surface area contributed by atoms with Crippen molar-refractivity contribution in [3.63, 3.8) is 0 Å². The van der Waals surface area contributed by atoms with E-state index in [9.17, 15) is 4.79 Å². The Morgan fingerprint density at radius 3 is 1.61 bits per heavy atom. The van der Waals surface area contributed by atoms with Crippen molar-refractivity contribution in [2.24, 2.45) is 0 Å². The first-order chi connectivity index (χ1) is 16.3. The molecule has 2 nitrogen and oxygen atoms in total. The molecule has 0 atom stereocenters. The van der Waals surface area contributed by atoms with Crippen LogP contribution in [0.3, 0.4) is 0 Å². The maximum absolute atomic E-state index is 11.9. The number of hydrogen-bond donors (Lipinski definition) is 1. The quantitative estimate of drug-likeness (QED) is 0.129. The van der Waals surface area contributed by atoms with Crippen LogP contribution in [0, 0.1) is 0 Å². The molecule has 0 aliphatic carbocycles. The van der Waals surface area contributed by atoms with E-state index in [1.807, 2.05) is 18.2 Å².